The van der Waals surface area contributed by atoms with Gasteiger partial charge in [-0.3, -0.25) is 19.5 Å². The fourth-order valence-electron chi connectivity index (χ4n) is 4.92. The number of para-hydroxylation sites is 1. The molecule has 1 aliphatic rings. The molecule has 0 fully saturated rings. The molecule has 0 saturated carbocycles. The van der Waals surface area contributed by atoms with E-state index in [2.05, 4.69) is 37.9 Å². The van der Waals surface area contributed by atoms with Gasteiger partial charge < -0.3 is 20.2 Å². The summed E-state index contributed by atoms with van der Waals surface area (Å²) < 4.78 is 0. The molecule has 0 radical (unpaired) electrons. The largest absolute Gasteiger partial charge is 0.508 e. The highest BCUT2D eigenvalue weighted by molar-refractivity contribution is 6.23. The first-order valence-electron chi connectivity index (χ1n) is 14.0. The summed E-state index contributed by atoms with van der Waals surface area (Å²) >= 11 is 0. The van der Waals surface area contributed by atoms with Crippen molar-refractivity contribution in [1.82, 2.24) is 4.98 Å². The van der Waals surface area contributed by atoms with Gasteiger partial charge in [-0.15, -0.1) is 0 Å². The summed E-state index contributed by atoms with van der Waals surface area (Å²) in [6, 6.07) is 10.0. The minimum absolute atomic E-state index is 0.0313. The van der Waals surface area contributed by atoms with E-state index in [-0.39, 0.29) is 46.2 Å². The van der Waals surface area contributed by atoms with Crippen LogP contribution in [0.1, 0.15) is 74.1 Å². The van der Waals surface area contributed by atoms with Crippen molar-refractivity contribution in [3.8, 4) is 17.2 Å². The van der Waals surface area contributed by atoms with Crippen LogP contribution in [0.25, 0.3) is 0 Å². The monoisotopic (exact) mass is 567 g/mol. The van der Waals surface area contributed by atoms with Crippen LogP contribution in [0.5, 0.6) is 17.2 Å². The van der Waals surface area contributed by atoms with E-state index in [1.54, 1.807) is 12.1 Å². The zero-order chi connectivity index (χ0) is 30.4. The molecule has 2 aromatic carbocycles. The van der Waals surface area contributed by atoms with Gasteiger partial charge in [0.05, 0.1) is 16.8 Å². The number of phenolic OH excluding ortho intramolecular Hbond substituents is 3. The van der Waals surface area contributed by atoms with Crippen molar-refractivity contribution in [2.24, 2.45) is 0 Å². The van der Waals surface area contributed by atoms with Crippen molar-refractivity contribution in [2.45, 2.75) is 53.4 Å². The number of anilines is 3. The number of carbonyl (C=O) groups excluding carboxylic acids is 2. The smallest absolute Gasteiger partial charge is 0.264 e. The molecule has 0 atom stereocenters. The van der Waals surface area contributed by atoms with Crippen LogP contribution < -0.4 is 9.80 Å². The summed E-state index contributed by atoms with van der Waals surface area (Å²) in [5, 5.41) is 32.4. The number of aromatic nitrogens is 1. The second-order valence-corrected chi connectivity index (χ2v) is 10.8. The molecule has 3 aromatic rings. The Morgan fingerprint density at radius 2 is 1.57 bits per heavy atom. The Morgan fingerprint density at radius 1 is 0.857 bits per heavy atom. The van der Waals surface area contributed by atoms with Gasteiger partial charge in [-0.1, -0.05) is 41.0 Å². The Labute approximate surface area is 246 Å². The molecule has 4 rings (SSSR count). The van der Waals surface area contributed by atoms with Gasteiger partial charge in [-0.25, -0.2) is 0 Å². The van der Waals surface area contributed by atoms with Gasteiger partial charge in [0, 0.05) is 31.1 Å². The van der Waals surface area contributed by atoms with E-state index in [1.807, 2.05) is 13.0 Å². The Kier molecular flexibility index (Phi) is 9.47. The third-order valence-corrected chi connectivity index (χ3v) is 7.14. The fourth-order valence-corrected chi connectivity index (χ4v) is 4.92. The summed E-state index contributed by atoms with van der Waals surface area (Å²) in [6.45, 7) is 8.44. The number of aromatic hydroxyl groups is 3. The van der Waals surface area contributed by atoms with Gasteiger partial charge in [0.25, 0.3) is 11.8 Å². The lowest BCUT2D eigenvalue weighted by Gasteiger charge is -2.27. The number of hydrogen-bond donors (Lipinski definition) is 3. The summed E-state index contributed by atoms with van der Waals surface area (Å²) in [7, 11) is 0. The Bertz CT molecular complexity index is 1570. The number of pyridine rings is 1. The van der Waals surface area contributed by atoms with E-state index < -0.39 is 17.6 Å². The molecule has 218 valence electrons. The number of fused-ring (bicyclic) bond motifs is 2. The normalized spacial score (nSPS) is 13.4. The van der Waals surface area contributed by atoms with E-state index in [0.717, 1.165) is 42.2 Å². The van der Waals surface area contributed by atoms with Crippen LogP contribution in [-0.2, 0) is 0 Å². The Hall–Kier alpha value is -4.85. The Morgan fingerprint density at radius 3 is 2.26 bits per heavy atom. The summed E-state index contributed by atoms with van der Waals surface area (Å²) in [4.78, 5) is 34.4. The average molecular weight is 568 g/mol. The van der Waals surface area contributed by atoms with Crippen molar-refractivity contribution < 1.29 is 24.9 Å². The second kappa shape index (κ2) is 13.2. The maximum absolute atomic E-state index is 14.0. The van der Waals surface area contributed by atoms with Crippen LogP contribution in [0.15, 0.2) is 89.8 Å². The van der Waals surface area contributed by atoms with Gasteiger partial charge in [0.2, 0.25) is 0 Å². The zero-order valence-corrected chi connectivity index (χ0v) is 24.5. The van der Waals surface area contributed by atoms with Gasteiger partial charge in [0.1, 0.15) is 28.6 Å². The first kappa shape index (κ1) is 30.1. The molecule has 42 heavy (non-hydrogen) atoms. The van der Waals surface area contributed by atoms with Gasteiger partial charge in [0.15, 0.2) is 0 Å². The van der Waals surface area contributed by atoms with Gasteiger partial charge in [-0.2, -0.15) is 0 Å². The number of hydrogen-bond acceptors (Lipinski definition) is 6. The highest BCUT2D eigenvalue weighted by Gasteiger charge is 2.38. The maximum Gasteiger partial charge on any atom is 0.264 e. The highest BCUT2D eigenvalue weighted by Crippen LogP contribution is 2.50. The highest BCUT2D eigenvalue weighted by atomic mass is 16.3. The standard InChI is InChI=1S/C34H37N3O5/c1-22(2)9-5-10-23(3)11-6-12-24(4)16-18-36-28-19-26(38)20-30(40)32(28)37(33(41)25-13-8-17-35-21-25)31-27(34(36)42)14-7-15-29(31)39/h7-9,11,13-17,19-21,38-40H,5-6,10,12,18H2,1-4H3/b23-11+,24-16+. The van der Waals surface area contributed by atoms with E-state index in [4.69, 9.17) is 0 Å². The molecular weight excluding hydrogens is 530 g/mol. The maximum atomic E-state index is 14.0. The molecule has 2 heterocycles. The lowest BCUT2D eigenvalue weighted by atomic mass is 10.1. The zero-order valence-electron chi connectivity index (χ0n) is 24.5. The van der Waals surface area contributed by atoms with Crippen molar-refractivity contribution in [2.75, 3.05) is 16.3 Å². The predicted octanol–water partition coefficient (Wildman–Crippen LogP) is 7.56. The minimum atomic E-state index is -0.610. The van der Waals surface area contributed by atoms with Gasteiger partial charge >= 0.3 is 0 Å². The van der Waals surface area contributed by atoms with Crippen molar-refractivity contribution in [3.05, 3.63) is 101 Å². The van der Waals surface area contributed by atoms with Crippen molar-refractivity contribution >= 4 is 28.9 Å². The predicted molar refractivity (Wildman–Crippen MR) is 166 cm³/mol. The molecule has 2 amide bonds. The van der Waals surface area contributed by atoms with Crippen LogP contribution in [0, 0.1) is 0 Å². The number of allylic oxidation sites excluding steroid dienone is 5. The third-order valence-electron chi connectivity index (χ3n) is 7.14. The topological polar surface area (TPSA) is 114 Å². The lowest BCUT2D eigenvalue weighted by molar-refractivity contribution is 0.0990. The first-order chi connectivity index (χ1) is 20.1. The first-order valence-corrected chi connectivity index (χ1v) is 14.0. The molecular formula is C34H37N3O5. The van der Waals surface area contributed by atoms with Gasteiger partial charge in [-0.05, 0) is 77.6 Å². The molecule has 1 aliphatic heterocycles. The molecule has 0 bridgehead atoms. The van der Waals surface area contributed by atoms with Crippen LogP contribution in [0.2, 0.25) is 0 Å². The minimum Gasteiger partial charge on any atom is -0.508 e. The van der Waals surface area contributed by atoms with E-state index in [0.29, 0.717) is 0 Å². The molecule has 8 nitrogen and oxygen atoms in total. The molecule has 0 saturated heterocycles. The third kappa shape index (κ3) is 6.71. The molecule has 0 unspecified atom stereocenters. The average Bonchev–Trinajstić information content (AvgIpc) is 3.05. The Balaban J connectivity index is 1.71. The number of amides is 2. The van der Waals surface area contributed by atoms with Crippen molar-refractivity contribution in [3.63, 3.8) is 0 Å². The fraction of sp³-hybridized carbons (Fsp3) is 0.265. The summed E-state index contributed by atoms with van der Waals surface area (Å²) in [5.74, 6) is -2.11. The number of nitrogens with zero attached hydrogens (tertiary/aromatic N) is 3. The summed E-state index contributed by atoms with van der Waals surface area (Å²) in [6.07, 6.45) is 13.0. The van der Waals surface area contributed by atoms with Crippen LogP contribution >= 0.6 is 0 Å². The number of phenols is 3. The SMILES string of the molecule is CC(C)=CCC/C(C)=C/CC/C(C)=C/CN1C(=O)c2cccc(O)c2N(C(=O)c2cccnc2)c2c(O)cc(O)cc21. The van der Waals surface area contributed by atoms with Crippen LogP contribution in [-0.4, -0.2) is 38.7 Å². The molecule has 3 N–H and O–H groups in total. The summed E-state index contributed by atoms with van der Waals surface area (Å²) in [5.41, 5.74) is 4.00. The van der Waals surface area contributed by atoms with E-state index in [1.165, 1.54) is 52.7 Å². The molecule has 1 aromatic heterocycles. The van der Waals surface area contributed by atoms with E-state index >= 15 is 0 Å². The quantitative estimate of drug-likeness (QED) is 0.230. The molecule has 0 aliphatic carbocycles. The number of rotatable bonds is 9. The van der Waals surface area contributed by atoms with Crippen molar-refractivity contribution in [1.29, 1.82) is 0 Å². The molecule has 8 heteroatoms. The second-order valence-electron chi connectivity index (χ2n) is 10.8. The lowest BCUT2D eigenvalue weighted by Crippen LogP contribution is -2.30. The van der Waals surface area contributed by atoms with Crippen LogP contribution in [0.3, 0.4) is 0 Å². The van der Waals surface area contributed by atoms with E-state index in [9.17, 15) is 24.9 Å². The van der Waals surface area contributed by atoms with Crippen LogP contribution in [0.4, 0.5) is 17.1 Å². The molecule has 0 spiro atoms. The number of benzene rings is 2. The number of carbonyl (C=O) groups is 2.